The maximum Gasteiger partial charge on any atom is 0.226 e. The molecule has 6 rings (SSSR count). The first-order valence-electron chi connectivity index (χ1n) is 10.9. The first-order valence-corrected chi connectivity index (χ1v) is 12.1. The number of rotatable bonds is 3. The van der Waals surface area contributed by atoms with E-state index in [0.29, 0.717) is 37.9 Å². The number of halogens is 1. The Morgan fingerprint density at radius 3 is 3.00 bits per heavy atom. The highest BCUT2D eigenvalue weighted by molar-refractivity contribution is 7.19. The van der Waals surface area contributed by atoms with Crippen molar-refractivity contribution >= 4 is 56.8 Å². The first-order chi connectivity index (χ1) is 15.7. The minimum atomic E-state index is 0.0310. The van der Waals surface area contributed by atoms with Crippen LogP contribution in [0.5, 0.6) is 0 Å². The minimum Gasteiger partial charge on any atom is -0.378 e. The van der Waals surface area contributed by atoms with Crippen molar-refractivity contribution in [3.63, 3.8) is 0 Å². The average molecular weight is 468 g/mol. The molecule has 32 heavy (non-hydrogen) atoms. The molecule has 1 aliphatic carbocycles. The fraction of sp³-hybridized carbons (Fsp3) is 0.391. The summed E-state index contributed by atoms with van der Waals surface area (Å²) in [4.78, 5) is 30.6. The number of fused-ring (bicyclic) bond motifs is 4. The molecule has 3 aliphatic rings. The second kappa shape index (κ2) is 8.10. The highest BCUT2D eigenvalue weighted by Crippen LogP contribution is 2.41. The molecule has 1 aromatic carbocycles. The van der Waals surface area contributed by atoms with Gasteiger partial charge in [0.1, 0.15) is 17.0 Å². The second-order valence-electron chi connectivity index (χ2n) is 8.41. The van der Waals surface area contributed by atoms with E-state index in [9.17, 15) is 4.79 Å². The summed E-state index contributed by atoms with van der Waals surface area (Å²) >= 11 is 8.22. The number of nitrogens with zero attached hydrogens (tertiary/aromatic N) is 4. The number of ether oxygens (including phenoxy) is 1. The third-order valence-corrected chi connectivity index (χ3v) is 7.97. The van der Waals surface area contributed by atoms with Crippen LogP contribution < -0.4 is 5.32 Å². The largest absolute Gasteiger partial charge is 0.378 e. The molecule has 1 amide bonds. The van der Waals surface area contributed by atoms with Gasteiger partial charge in [-0.15, -0.1) is 11.3 Å². The molecule has 0 saturated carbocycles. The standard InChI is InChI=1S/C23H22ClN5O2S/c24-17-7-14-10-25-11-15(14)8-18(17)28-21-20-16-2-1-13(23(30)29-3-5-31-6-4-29)9-19(16)32-22(20)27-12-26-21/h7-8,11-13H,1-6,9-10H2,(H,26,27,28)/t13-/m0/s1. The molecule has 2 aliphatic heterocycles. The zero-order chi connectivity index (χ0) is 21.7. The zero-order valence-electron chi connectivity index (χ0n) is 17.4. The number of thiophene rings is 1. The summed E-state index contributed by atoms with van der Waals surface area (Å²) in [6.45, 7) is 3.33. The summed E-state index contributed by atoms with van der Waals surface area (Å²) < 4.78 is 5.40. The van der Waals surface area contributed by atoms with Gasteiger partial charge in [-0.1, -0.05) is 11.6 Å². The van der Waals surface area contributed by atoms with E-state index in [0.717, 1.165) is 52.1 Å². The molecule has 0 radical (unpaired) electrons. The van der Waals surface area contributed by atoms with Crippen molar-refractivity contribution in [2.45, 2.75) is 25.8 Å². The number of hydrogen-bond acceptors (Lipinski definition) is 7. The van der Waals surface area contributed by atoms with Crippen molar-refractivity contribution in [2.75, 3.05) is 31.6 Å². The third kappa shape index (κ3) is 3.46. The normalized spacial score (nSPS) is 19.8. The van der Waals surface area contributed by atoms with Gasteiger partial charge in [0.2, 0.25) is 5.91 Å². The number of aromatic nitrogens is 2. The summed E-state index contributed by atoms with van der Waals surface area (Å²) in [5, 5.41) is 5.14. The van der Waals surface area contributed by atoms with Gasteiger partial charge in [0.05, 0.1) is 35.9 Å². The van der Waals surface area contributed by atoms with Crippen molar-refractivity contribution in [1.82, 2.24) is 14.9 Å². The number of hydrogen-bond donors (Lipinski definition) is 1. The van der Waals surface area contributed by atoms with Gasteiger partial charge in [-0.25, -0.2) is 9.97 Å². The average Bonchev–Trinajstić information content (AvgIpc) is 3.43. The number of morpholine rings is 1. The molecule has 0 unspecified atom stereocenters. The Bertz CT molecular complexity index is 1250. The van der Waals surface area contributed by atoms with Crippen LogP contribution >= 0.6 is 22.9 Å². The number of benzene rings is 1. The number of anilines is 2. The van der Waals surface area contributed by atoms with Crippen molar-refractivity contribution in [3.05, 3.63) is 45.1 Å². The molecule has 1 fully saturated rings. The Balaban J connectivity index is 1.30. The van der Waals surface area contributed by atoms with Gasteiger partial charge >= 0.3 is 0 Å². The van der Waals surface area contributed by atoms with Crippen LogP contribution in [0.3, 0.4) is 0 Å². The molecule has 0 bridgehead atoms. The van der Waals surface area contributed by atoms with E-state index in [2.05, 4.69) is 20.3 Å². The van der Waals surface area contributed by atoms with Crippen LogP contribution in [-0.2, 0) is 28.9 Å². The van der Waals surface area contributed by atoms with Gasteiger partial charge in [-0.3, -0.25) is 9.79 Å². The molecule has 1 N–H and O–H groups in total. The quantitative estimate of drug-likeness (QED) is 0.630. The molecule has 2 aromatic heterocycles. The maximum atomic E-state index is 13.0. The van der Waals surface area contributed by atoms with Gasteiger partial charge in [-0.05, 0) is 48.1 Å². The lowest BCUT2D eigenvalue weighted by molar-refractivity contribution is -0.140. The lowest BCUT2D eigenvalue weighted by Crippen LogP contribution is -2.44. The van der Waals surface area contributed by atoms with Crippen LogP contribution in [0.2, 0.25) is 5.02 Å². The van der Waals surface area contributed by atoms with E-state index in [1.54, 1.807) is 17.7 Å². The number of nitrogens with one attached hydrogen (secondary N) is 1. The molecule has 0 spiro atoms. The summed E-state index contributed by atoms with van der Waals surface area (Å²) in [6.07, 6.45) is 5.93. The highest BCUT2D eigenvalue weighted by Gasteiger charge is 2.32. The predicted octanol–water partition coefficient (Wildman–Crippen LogP) is 3.98. The van der Waals surface area contributed by atoms with Crippen LogP contribution in [0, 0.1) is 5.92 Å². The van der Waals surface area contributed by atoms with Gasteiger partial charge in [0.25, 0.3) is 0 Å². The topological polar surface area (TPSA) is 79.7 Å². The first kappa shape index (κ1) is 20.1. The van der Waals surface area contributed by atoms with E-state index in [1.165, 1.54) is 10.4 Å². The third-order valence-electron chi connectivity index (χ3n) is 6.49. The van der Waals surface area contributed by atoms with Crippen LogP contribution in [0.4, 0.5) is 11.5 Å². The van der Waals surface area contributed by atoms with Gasteiger partial charge in [0, 0.05) is 30.1 Å². The summed E-state index contributed by atoms with van der Waals surface area (Å²) in [7, 11) is 0. The van der Waals surface area contributed by atoms with Crippen molar-refractivity contribution < 1.29 is 9.53 Å². The summed E-state index contributed by atoms with van der Waals surface area (Å²) in [5.41, 5.74) is 4.30. The monoisotopic (exact) mass is 467 g/mol. The van der Waals surface area contributed by atoms with Crippen molar-refractivity contribution in [3.8, 4) is 0 Å². The highest BCUT2D eigenvalue weighted by atomic mass is 35.5. The summed E-state index contributed by atoms with van der Waals surface area (Å²) in [5.74, 6) is 1.05. The molecule has 7 nitrogen and oxygen atoms in total. The number of aryl methyl sites for hydroxylation is 1. The van der Waals surface area contributed by atoms with Crippen molar-refractivity contribution in [1.29, 1.82) is 0 Å². The Morgan fingerprint density at radius 1 is 1.25 bits per heavy atom. The van der Waals surface area contributed by atoms with Crippen LogP contribution in [0.25, 0.3) is 10.2 Å². The second-order valence-corrected chi connectivity index (χ2v) is 9.90. The molecule has 3 aromatic rings. The summed E-state index contributed by atoms with van der Waals surface area (Å²) in [6, 6.07) is 3.99. The minimum absolute atomic E-state index is 0.0310. The number of amides is 1. The number of carbonyl (C=O) groups excluding carboxylic acids is 1. The van der Waals surface area contributed by atoms with E-state index in [-0.39, 0.29) is 11.8 Å². The Morgan fingerprint density at radius 2 is 2.12 bits per heavy atom. The lowest BCUT2D eigenvalue weighted by Gasteiger charge is -2.31. The Labute approximate surface area is 194 Å². The molecular weight excluding hydrogens is 446 g/mol. The number of aliphatic imine (C=N–C) groups is 1. The van der Waals surface area contributed by atoms with Crippen LogP contribution in [-0.4, -0.2) is 53.3 Å². The molecule has 9 heteroatoms. The van der Waals surface area contributed by atoms with E-state index in [4.69, 9.17) is 16.3 Å². The van der Waals surface area contributed by atoms with Gasteiger partial charge in [-0.2, -0.15) is 0 Å². The van der Waals surface area contributed by atoms with Gasteiger partial charge in [0.15, 0.2) is 0 Å². The smallest absolute Gasteiger partial charge is 0.226 e. The SMILES string of the molecule is O=C([C@H]1CCc2c(sc3ncnc(Nc4cc5c(cc4Cl)CN=C5)c23)C1)N1CCOCC1. The van der Waals surface area contributed by atoms with Gasteiger partial charge < -0.3 is 15.0 Å². The molecule has 1 saturated heterocycles. The maximum absolute atomic E-state index is 13.0. The molecule has 1 atom stereocenters. The van der Waals surface area contributed by atoms with E-state index >= 15 is 0 Å². The zero-order valence-corrected chi connectivity index (χ0v) is 19.0. The number of carbonyl (C=O) groups is 1. The fourth-order valence-corrected chi connectivity index (χ4v) is 6.31. The molecular formula is C23H22ClN5O2S. The van der Waals surface area contributed by atoms with E-state index < -0.39 is 0 Å². The fourth-order valence-electron chi connectivity index (χ4n) is 4.81. The lowest BCUT2D eigenvalue weighted by atomic mass is 9.86. The predicted molar refractivity (Wildman–Crippen MR) is 126 cm³/mol. The Kier molecular flexibility index (Phi) is 5.08. The molecule has 164 valence electrons. The van der Waals surface area contributed by atoms with Crippen LogP contribution in [0.15, 0.2) is 23.5 Å². The van der Waals surface area contributed by atoms with Crippen molar-refractivity contribution in [2.24, 2.45) is 10.9 Å². The van der Waals surface area contributed by atoms with E-state index in [1.807, 2.05) is 23.2 Å². The van der Waals surface area contributed by atoms with Crippen LogP contribution in [0.1, 0.15) is 28.0 Å². The Hall–Kier alpha value is -2.55. The molecule has 4 heterocycles.